The van der Waals surface area contributed by atoms with E-state index < -0.39 is 135 Å². The number of fused-ring (bicyclic) bond motifs is 3. The zero-order valence-corrected chi connectivity index (χ0v) is 97.1. The third-order valence-corrected chi connectivity index (χ3v) is 48.1. The quantitative estimate of drug-likeness (QED) is 0.00703. The summed E-state index contributed by atoms with van der Waals surface area (Å²) >= 11 is -1.06. The molecule has 6 heterocycles. The number of halogens is 1. The number of methoxy groups -OCH3 is 3. The van der Waals surface area contributed by atoms with E-state index in [1.807, 2.05) is 164 Å². The third-order valence-electron chi connectivity index (χ3n) is 30.7. The van der Waals surface area contributed by atoms with Gasteiger partial charge in [-0.1, -0.05) is 158 Å². The molecular formula is C120H164ClN3O21SnZn. The first-order chi connectivity index (χ1) is 70.3. The Labute approximate surface area is 893 Å². The van der Waals surface area contributed by atoms with Crippen LogP contribution >= 0.6 is 9.69 Å². The van der Waals surface area contributed by atoms with Crippen molar-refractivity contribution < 1.29 is 118 Å². The van der Waals surface area contributed by atoms with Gasteiger partial charge in [0.25, 0.3) is 0 Å². The van der Waals surface area contributed by atoms with Crippen molar-refractivity contribution in [2.75, 3.05) is 21.3 Å². The van der Waals surface area contributed by atoms with E-state index in [-0.39, 0.29) is 75.1 Å². The first kappa shape index (κ1) is 119. The van der Waals surface area contributed by atoms with Crippen molar-refractivity contribution in [2.45, 2.75) is 377 Å². The second-order valence-corrected chi connectivity index (χ2v) is 58.3. The first-order valence-electron chi connectivity index (χ1n) is 53.4. The number of aliphatic hydroxyl groups excluding tert-OH is 2. The number of likely N-dealkylation sites (tertiary alicyclic amines) is 3. The molecular weight excluding hydrogens is 2040 g/mol. The molecule has 27 heteroatoms. The van der Waals surface area contributed by atoms with Crippen LogP contribution in [0.1, 0.15) is 272 Å². The number of nitrogens with zero attached hydrogens (tertiary/aromatic N) is 3. The van der Waals surface area contributed by atoms with Crippen LogP contribution in [0, 0.1) is 36.0 Å². The Morgan fingerprint density at radius 1 is 0.442 bits per heavy atom. The van der Waals surface area contributed by atoms with Gasteiger partial charge in [-0.3, -0.25) is 19.2 Å². The number of esters is 3. The normalized spacial score (nSPS) is 27.2. The monoisotopic (exact) mass is 2200 g/mol. The van der Waals surface area contributed by atoms with Crippen molar-refractivity contribution in [2.24, 2.45) is 29.6 Å². The number of aliphatic hydroxyl groups is 2. The number of hydrogen-bond donors (Lipinski definition) is 2. The van der Waals surface area contributed by atoms with Crippen LogP contribution in [0.5, 0.6) is 17.2 Å². The van der Waals surface area contributed by atoms with E-state index in [1.54, 1.807) is 148 Å². The topological polar surface area (TPSA) is 280 Å². The van der Waals surface area contributed by atoms with Gasteiger partial charge in [0, 0.05) is 50.7 Å². The molecule has 24 nitrogen and oxygen atoms in total. The number of carbonyl (C=O) groups is 7. The van der Waals surface area contributed by atoms with Crippen molar-refractivity contribution in [3.05, 3.63) is 252 Å². The minimum atomic E-state index is -1.98. The van der Waals surface area contributed by atoms with E-state index in [9.17, 15) is 43.8 Å². The van der Waals surface area contributed by atoms with E-state index in [0.29, 0.717) is 49.6 Å². The molecule has 0 bridgehead atoms. The first-order valence-corrected chi connectivity index (χ1v) is 65.0. The fourth-order valence-corrected chi connectivity index (χ4v) is 41.3. The number of carbonyl (C=O) groups excluding carboxylic acids is 7. The molecule has 1 unspecified atom stereocenters. The molecule has 17 atom stereocenters. The number of hydrogen-bond acceptors (Lipinski definition) is 21. The molecule has 10 aliphatic rings. The third kappa shape index (κ3) is 28.1. The maximum absolute atomic E-state index is 14.6. The Morgan fingerprint density at radius 3 is 1.05 bits per heavy atom. The summed E-state index contributed by atoms with van der Waals surface area (Å²) in [6, 6.07) is 50.9. The van der Waals surface area contributed by atoms with Gasteiger partial charge >= 0.3 is 171 Å². The molecule has 6 aromatic carbocycles. The standard InChI is InChI=1S/2C34H43NO7.C28H33NO7.2C6H9.3C4H9.ClH.Sn.Zn/c2*1-32(2,3)42-31(38)34(29(36)25-14-10-7-11-15-25)33(4)27(20-28(41-33)40-22-24-12-8-6-9-13-24)30(37)35(34)21-23-16-18-26(39-5)19-17-23;1-26(2,3)36-25(32)28(18-30)27(4)22(15-23(35-27)34-17-20-9-7-6-8-10-20)24(31)29(28)16-19-11-13-21(33-5)14-12-19;2*1-2-4-6-5-3-1;3*1-3-4-2;;;/h2*6,8-10,12-14,16-19,25,27-29,36H,7,11,15,20-22H2,1-5H3;6-14,18,22-23H,15-17H2,1-5H3;2*1-3H,4-6H2;3*1,3-4H2,2H3;1H;;/q;;;;-1;;;;;;+2/p-1/t25-,27+,28-,29+,33+,34+;25-,27-,28+,29-,33-,34-;22-,23+,27-,28-;;;;;;;;/m100......../s1. The number of benzene rings is 6. The zero-order chi connectivity index (χ0) is 107. The van der Waals surface area contributed by atoms with Crippen LogP contribution < -0.4 is 14.2 Å². The summed E-state index contributed by atoms with van der Waals surface area (Å²) in [5.74, 6) is -3.91. The van der Waals surface area contributed by atoms with Gasteiger partial charge in [0.15, 0.2) is 36.2 Å². The van der Waals surface area contributed by atoms with Crippen molar-refractivity contribution in [3.8, 4) is 17.2 Å². The van der Waals surface area contributed by atoms with E-state index in [4.69, 9.17) is 66.5 Å². The predicted molar refractivity (Wildman–Crippen MR) is 570 cm³/mol. The average molecular weight is 2200 g/mol. The Balaban J connectivity index is 0.000000186. The Morgan fingerprint density at radius 2 is 0.762 bits per heavy atom. The van der Waals surface area contributed by atoms with Gasteiger partial charge in [0.1, 0.15) is 50.9 Å². The Kier molecular flexibility index (Phi) is 43.7. The summed E-state index contributed by atoms with van der Waals surface area (Å²) in [6.45, 7) is 29.3. The number of unbranched alkanes of at least 4 members (excludes halogenated alkanes) is 3. The molecule has 3 amide bonds. The van der Waals surface area contributed by atoms with Gasteiger partial charge in [-0.25, -0.2) is 33.0 Å². The SMILES string of the molecule is C1=CCCC[CH-]1.CCC[CH2][Sn]([CH2]CCC)([CH2]CCC)[CH]1C=CCCC1.COc1ccc(CN2C(=O)[C@@H]3C[C@H](OCc4ccccc4)O[C@]3(C)[C@@]2(C(=O)OC(C)(C)C)[C@@H](O)[C@@H]2C=CCCC2)cc1.COc1ccc(CN2C(=O)[C@@H]3C[C@H](OCc4ccccc4)O[C@]3(C)[C@@]2(C(=O)OC(C)(C)C)[C@@H](O)[C@H]2C=CCCC2)cc1.COc1ccc(CN2C(=O)[C@@H]3C[C@H](OCc4ccccc4)O[C@]3(C)[C@]2(C=O)C(=O)OC(C)(C)C)cc1.[Cl][Zn+]. The molecule has 2 N–H and O–H groups in total. The molecule has 798 valence electrons. The van der Waals surface area contributed by atoms with Crippen LogP contribution in [-0.4, -0.2) is 188 Å². The van der Waals surface area contributed by atoms with Crippen LogP contribution in [0.15, 0.2) is 212 Å². The van der Waals surface area contributed by atoms with Crippen molar-refractivity contribution in [3.63, 3.8) is 0 Å². The molecule has 6 aromatic rings. The maximum atomic E-state index is 14.6. The van der Waals surface area contributed by atoms with Gasteiger partial charge in [0.05, 0.1) is 71.1 Å². The van der Waals surface area contributed by atoms with Crippen molar-refractivity contribution in [1.29, 1.82) is 0 Å². The predicted octanol–water partition coefficient (Wildman–Crippen LogP) is 23.6. The molecule has 16 rings (SSSR count). The summed E-state index contributed by atoms with van der Waals surface area (Å²) < 4.78 is 77.7. The number of allylic oxidation sites excluding steroid dienone is 6. The summed E-state index contributed by atoms with van der Waals surface area (Å²) in [5.41, 5.74) is -7.30. The van der Waals surface area contributed by atoms with Crippen LogP contribution in [0.4, 0.5) is 0 Å². The number of rotatable bonds is 36. The van der Waals surface area contributed by atoms with Gasteiger partial charge in [0.2, 0.25) is 23.3 Å². The molecule has 147 heavy (non-hydrogen) atoms. The molecule has 0 spiro atoms. The van der Waals surface area contributed by atoms with Gasteiger partial charge in [-0.2, -0.15) is 0 Å². The van der Waals surface area contributed by atoms with Crippen molar-refractivity contribution >= 4 is 70.0 Å². The van der Waals surface area contributed by atoms with E-state index in [1.165, 1.54) is 85.3 Å². The van der Waals surface area contributed by atoms with E-state index in [0.717, 1.165) is 80.3 Å². The molecule has 0 saturated carbocycles. The molecule has 4 aliphatic carbocycles. The fraction of sp³-hybridized carbons (Fsp3) is 0.567. The summed E-state index contributed by atoms with van der Waals surface area (Å²) in [5, 5.41) is 24.7. The minimum absolute atomic E-state index is 0.0335. The number of aldehydes is 1. The second kappa shape index (κ2) is 54.1. The van der Waals surface area contributed by atoms with E-state index >= 15 is 0 Å². The zero-order valence-electron chi connectivity index (χ0n) is 90.5. The molecule has 0 radical (unpaired) electrons. The number of ether oxygens (including phenoxy) is 12. The molecule has 6 saturated heterocycles. The summed E-state index contributed by atoms with van der Waals surface area (Å²) in [4.78, 5) is 103. The molecule has 0 aromatic heterocycles. The van der Waals surface area contributed by atoms with Crippen molar-refractivity contribution in [1.82, 2.24) is 14.7 Å². The van der Waals surface area contributed by atoms with E-state index in [2.05, 4.69) is 51.5 Å². The summed E-state index contributed by atoms with van der Waals surface area (Å²) in [6.07, 6.45) is 38.3. The van der Waals surface area contributed by atoms with Crippen LogP contribution in [0.3, 0.4) is 0 Å². The van der Waals surface area contributed by atoms with Crippen LogP contribution in [0.25, 0.3) is 0 Å². The fourth-order valence-electron chi connectivity index (χ4n) is 23.1. The van der Waals surface area contributed by atoms with Gasteiger partial charge in [-0.15, -0.1) is 12.8 Å². The summed E-state index contributed by atoms with van der Waals surface area (Å²) in [7, 11) is 9.51. The second-order valence-electron chi connectivity index (χ2n) is 44.1. The molecule has 6 aliphatic heterocycles. The Bertz CT molecular complexity index is 5080. The van der Waals surface area contributed by atoms with Crippen LogP contribution in [0.2, 0.25) is 17.2 Å². The van der Waals surface area contributed by atoms with Crippen LogP contribution in [-0.2, 0) is 133 Å². The average Bonchev–Trinajstić information content (AvgIpc) is 1.51. The Hall–Kier alpha value is -8.57. The molecule has 6 fully saturated rings. The van der Waals surface area contributed by atoms with Gasteiger partial charge < -0.3 is 81.8 Å². The number of amides is 3. The van der Waals surface area contributed by atoms with Gasteiger partial charge in [-0.05, 0) is 191 Å².